The van der Waals surface area contributed by atoms with Crippen LogP contribution in [0.5, 0.6) is 11.5 Å². The maximum Gasteiger partial charge on any atom is 0.237 e. The van der Waals surface area contributed by atoms with Gasteiger partial charge in [0.25, 0.3) is 0 Å². The van der Waals surface area contributed by atoms with Crippen LogP contribution >= 0.6 is 0 Å². The zero-order valence-electron chi connectivity index (χ0n) is 18.1. The van der Waals surface area contributed by atoms with Crippen molar-refractivity contribution in [2.75, 3.05) is 47.1 Å². The molecule has 7 heteroatoms. The minimum absolute atomic E-state index is 0.0520. The van der Waals surface area contributed by atoms with Gasteiger partial charge in [-0.15, -0.1) is 0 Å². The molecule has 162 valence electrons. The Balaban J connectivity index is 1.72. The lowest BCUT2D eigenvalue weighted by Crippen LogP contribution is -2.45. The van der Waals surface area contributed by atoms with Gasteiger partial charge in [0, 0.05) is 44.5 Å². The van der Waals surface area contributed by atoms with Gasteiger partial charge in [-0.1, -0.05) is 0 Å². The van der Waals surface area contributed by atoms with Crippen molar-refractivity contribution in [3.8, 4) is 11.5 Å². The number of hydrogen-bond donors (Lipinski definition) is 0. The SMILES string of the molecule is COc1cc(COC2CN(C3CCOCC3)CC(=O)N(C(C)C)C2)cc(OC)c1. The number of nitrogens with zero attached hydrogens (tertiary/aromatic N) is 2. The average Bonchev–Trinajstić information content (AvgIpc) is 2.91. The van der Waals surface area contributed by atoms with Gasteiger partial charge in [0.15, 0.2) is 0 Å². The van der Waals surface area contributed by atoms with Gasteiger partial charge in [-0.3, -0.25) is 9.69 Å². The maximum absolute atomic E-state index is 12.9. The van der Waals surface area contributed by atoms with Gasteiger partial charge in [0.2, 0.25) is 5.91 Å². The van der Waals surface area contributed by atoms with Gasteiger partial charge in [0.1, 0.15) is 11.5 Å². The van der Waals surface area contributed by atoms with Crippen LogP contribution in [0.4, 0.5) is 0 Å². The molecule has 1 atom stereocenters. The van der Waals surface area contributed by atoms with E-state index in [9.17, 15) is 4.79 Å². The Morgan fingerprint density at radius 3 is 2.31 bits per heavy atom. The van der Waals surface area contributed by atoms with Crippen LogP contribution in [0.15, 0.2) is 18.2 Å². The van der Waals surface area contributed by atoms with Crippen molar-refractivity contribution in [2.24, 2.45) is 0 Å². The Morgan fingerprint density at radius 1 is 1.07 bits per heavy atom. The molecule has 0 saturated carbocycles. The first-order valence-electron chi connectivity index (χ1n) is 10.4. The van der Waals surface area contributed by atoms with Gasteiger partial charge in [0.05, 0.1) is 33.5 Å². The maximum atomic E-state index is 12.9. The highest BCUT2D eigenvalue weighted by Gasteiger charge is 2.33. The topological polar surface area (TPSA) is 60.5 Å². The molecule has 0 N–H and O–H groups in total. The van der Waals surface area contributed by atoms with Crippen LogP contribution in [-0.2, 0) is 20.9 Å². The number of benzene rings is 1. The van der Waals surface area contributed by atoms with Gasteiger partial charge < -0.3 is 23.8 Å². The summed E-state index contributed by atoms with van der Waals surface area (Å²) in [7, 11) is 3.28. The molecule has 2 aliphatic heterocycles. The molecule has 7 nitrogen and oxygen atoms in total. The van der Waals surface area contributed by atoms with E-state index in [1.54, 1.807) is 14.2 Å². The third-order valence-corrected chi connectivity index (χ3v) is 5.72. The predicted molar refractivity (Wildman–Crippen MR) is 110 cm³/mol. The predicted octanol–water partition coefficient (Wildman–Crippen LogP) is 2.32. The second-order valence-corrected chi connectivity index (χ2v) is 8.07. The monoisotopic (exact) mass is 406 g/mol. The van der Waals surface area contributed by atoms with E-state index in [2.05, 4.69) is 18.7 Å². The highest BCUT2D eigenvalue weighted by atomic mass is 16.5. The van der Waals surface area contributed by atoms with Gasteiger partial charge >= 0.3 is 0 Å². The Morgan fingerprint density at radius 2 is 1.72 bits per heavy atom. The Hall–Kier alpha value is -1.83. The third kappa shape index (κ3) is 5.84. The number of carbonyl (C=O) groups excluding carboxylic acids is 1. The molecule has 2 saturated heterocycles. The first-order valence-corrected chi connectivity index (χ1v) is 10.4. The van der Waals surface area contributed by atoms with Gasteiger partial charge in [-0.05, 0) is 44.4 Å². The van der Waals surface area contributed by atoms with Crippen LogP contribution < -0.4 is 9.47 Å². The number of hydrogen-bond acceptors (Lipinski definition) is 6. The van der Waals surface area contributed by atoms with Crippen LogP contribution in [0.25, 0.3) is 0 Å². The van der Waals surface area contributed by atoms with E-state index in [0.29, 0.717) is 25.7 Å². The fraction of sp³-hybridized carbons (Fsp3) is 0.682. The van der Waals surface area contributed by atoms with E-state index in [-0.39, 0.29) is 18.1 Å². The summed E-state index contributed by atoms with van der Waals surface area (Å²) in [5.41, 5.74) is 0.991. The largest absolute Gasteiger partial charge is 0.497 e. The second kappa shape index (κ2) is 10.3. The molecule has 2 aliphatic rings. The Labute approximate surface area is 173 Å². The summed E-state index contributed by atoms with van der Waals surface area (Å²) in [5, 5.41) is 0. The molecule has 2 heterocycles. The van der Waals surface area contributed by atoms with Crippen LogP contribution in [0.1, 0.15) is 32.3 Å². The summed E-state index contributed by atoms with van der Waals surface area (Å²) in [6.45, 7) is 7.91. The van der Waals surface area contributed by atoms with Crippen molar-refractivity contribution in [1.82, 2.24) is 9.80 Å². The number of rotatable bonds is 7. The van der Waals surface area contributed by atoms with Crippen molar-refractivity contribution < 1.29 is 23.7 Å². The number of amides is 1. The molecule has 29 heavy (non-hydrogen) atoms. The van der Waals surface area contributed by atoms with Gasteiger partial charge in [-0.25, -0.2) is 0 Å². The Bertz CT molecular complexity index is 653. The molecule has 1 aromatic carbocycles. The summed E-state index contributed by atoms with van der Waals surface area (Å²) in [5.74, 6) is 1.67. The quantitative estimate of drug-likeness (QED) is 0.693. The van der Waals surface area contributed by atoms with Crippen molar-refractivity contribution in [3.05, 3.63) is 23.8 Å². The zero-order valence-corrected chi connectivity index (χ0v) is 18.1. The molecule has 0 aromatic heterocycles. The van der Waals surface area contributed by atoms with E-state index in [1.807, 2.05) is 23.1 Å². The second-order valence-electron chi connectivity index (χ2n) is 8.07. The molecule has 1 aromatic rings. The van der Waals surface area contributed by atoms with Crippen molar-refractivity contribution in [1.29, 1.82) is 0 Å². The van der Waals surface area contributed by atoms with Crippen LogP contribution in [-0.4, -0.2) is 81.0 Å². The van der Waals surface area contributed by atoms with E-state index in [0.717, 1.165) is 49.7 Å². The first kappa shape index (κ1) is 21.9. The molecule has 1 unspecified atom stereocenters. The average molecular weight is 407 g/mol. The minimum atomic E-state index is -0.0520. The molecular formula is C22H34N2O5. The summed E-state index contributed by atoms with van der Waals surface area (Å²) in [6, 6.07) is 6.30. The van der Waals surface area contributed by atoms with E-state index < -0.39 is 0 Å². The normalized spacial score (nSPS) is 22.0. The standard InChI is InChI=1S/C22H34N2O5/c1-16(2)24-13-21(12-23(14-22(24)25)18-5-7-28-8-6-18)29-15-17-9-19(26-3)11-20(10-17)27-4/h9-11,16,18,21H,5-8,12-15H2,1-4H3. The number of ether oxygens (including phenoxy) is 4. The molecule has 0 spiro atoms. The minimum Gasteiger partial charge on any atom is -0.497 e. The lowest BCUT2D eigenvalue weighted by molar-refractivity contribution is -0.134. The molecule has 0 radical (unpaired) electrons. The zero-order chi connectivity index (χ0) is 20.8. The molecule has 0 bridgehead atoms. The van der Waals surface area contributed by atoms with Crippen molar-refractivity contribution in [3.63, 3.8) is 0 Å². The molecular weight excluding hydrogens is 372 g/mol. The summed E-state index contributed by atoms with van der Waals surface area (Å²) >= 11 is 0. The lowest BCUT2D eigenvalue weighted by atomic mass is 10.1. The van der Waals surface area contributed by atoms with Crippen LogP contribution in [0.2, 0.25) is 0 Å². The van der Waals surface area contributed by atoms with Gasteiger partial charge in [-0.2, -0.15) is 0 Å². The molecule has 3 rings (SSSR count). The summed E-state index contributed by atoms with van der Waals surface area (Å²) < 4.78 is 22.5. The highest BCUT2D eigenvalue weighted by molar-refractivity contribution is 5.79. The smallest absolute Gasteiger partial charge is 0.237 e. The van der Waals surface area contributed by atoms with E-state index >= 15 is 0 Å². The summed E-state index contributed by atoms with van der Waals surface area (Å²) in [6.07, 6.45) is 1.88. The molecule has 2 fully saturated rings. The number of methoxy groups -OCH3 is 2. The fourth-order valence-electron chi connectivity index (χ4n) is 4.07. The molecule has 1 amide bonds. The molecule has 0 aliphatic carbocycles. The van der Waals surface area contributed by atoms with Crippen molar-refractivity contribution >= 4 is 5.91 Å². The van der Waals surface area contributed by atoms with Crippen molar-refractivity contribution in [2.45, 2.75) is 51.5 Å². The Kier molecular flexibility index (Phi) is 7.75. The first-order chi connectivity index (χ1) is 14.0. The van der Waals surface area contributed by atoms with E-state index in [1.165, 1.54) is 0 Å². The number of carbonyl (C=O) groups is 1. The van der Waals surface area contributed by atoms with Crippen LogP contribution in [0, 0.1) is 0 Å². The lowest BCUT2D eigenvalue weighted by Gasteiger charge is -2.34. The summed E-state index contributed by atoms with van der Waals surface area (Å²) in [4.78, 5) is 17.1. The van der Waals surface area contributed by atoms with E-state index in [4.69, 9.17) is 18.9 Å². The fourth-order valence-corrected chi connectivity index (χ4v) is 4.07. The highest BCUT2D eigenvalue weighted by Crippen LogP contribution is 2.24. The van der Waals surface area contributed by atoms with Crippen LogP contribution in [0.3, 0.4) is 0 Å². The third-order valence-electron chi connectivity index (χ3n) is 5.72.